The summed E-state index contributed by atoms with van der Waals surface area (Å²) < 4.78 is 27.0. The molecule has 0 heterocycles. The summed E-state index contributed by atoms with van der Waals surface area (Å²) in [5.41, 5.74) is 3.72. The lowest BCUT2D eigenvalue weighted by atomic mass is 10.0. The molecule has 3 aromatic carbocycles. The molecule has 214 valence electrons. The molecule has 1 N–H and O–H groups in total. The minimum atomic E-state index is -3.87. The van der Waals surface area contributed by atoms with E-state index < -0.39 is 28.5 Å². The number of halogens is 1. The van der Waals surface area contributed by atoms with E-state index in [9.17, 15) is 18.0 Å². The SMILES string of the molecule is Cc1cccc(CN(C(=O)CN(c2cc(Cl)ccc2C)S(C)(=O)=O)[C@@H](Cc2ccccc2)C(=O)NCC(C)C)c1. The molecular weight excluding hydrogens is 546 g/mol. The number of hydrogen-bond donors (Lipinski definition) is 1. The van der Waals surface area contributed by atoms with Gasteiger partial charge in [0.1, 0.15) is 12.6 Å². The first-order valence-electron chi connectivity index (χ1n) is 13.3. The number of nitrogens with one attached hydrogen (secondary N) is 1. The third kappa shape index (κ3) is 8.83. The van der Waals surface area contributed by atoms with E-state index in [0.29, 0.717) is 22.8 Å². The van der Waals surface area contributed by atoms with Gasteiger partial charge < -0.3 is 10.2 Å². The largest absolute Gasteiger partial charge is 0.354 e. The van der Waals surface area contributed by atoms with E-state index >= 15 is 0 Å². The Bertz CT molecular complexity index is 1430. The molecule has 0 saturated heterocycles. The highest BCUT2D eigenvalue weighted by Gasteiger charge is 2.33. The highest BCUT2D eigenvalue weighted by molar-refractivity contribution is 7.92. The van der Waals surface area contributed by atoms with Gasteiger partial charge in [-0.25, -0.2) is 8.42 Å². The molecule has 0 aliphatic carbocycles. The lowest BCUT2D eigenvalue weighted by molar-refractivity contribution is -0.140. The van der Waals surface area contributed by atoms with Crippen molar-refractivity contribution in [2.75, 3.05) is 23.7 Å². The Labute approximate surface area is 243 Å². The van der Waals surface area contributed by atoms with Gasteiger partial charge in [-0.15, -0.1) is 0 Å². The number of carbonyl (C=O) groups excluding carboxylic acids is 2. The molecule has 0 unspecified atom stereocenters. The first-order chi connectivity index (χ1) is 18.8. The number of amides is 2. The Hall–Kier alpha value is -3.36. The number of nitrogens with zero attached hydrogens (tertiary/aromatic N) is 2. The van der Waals surface area contributed by atoms with Crippen molar-refractivity contribution < 1.29 is 18.0 Å². The van der Waals surface area contributed by atoms with Crippen LogP contribution in [0.1, 0.15) is 36.1 Å². The highest BCUT2D eigenvalue weighted by Crippen LogP contribution is 2.27. The summed E-state index contributed by atoms with van der Waals surface area (Å²) >= 11 is 6.20. The van der Waals surface area contributed by atoms with Crippen LogP contribution in [0.4, 0.5) is 5.69 Å². The molecule has 7 nitrogen and oxygen atoms in total. The molecule has 0 radical (unpaired) electrons. The van der Waals surface area contributed by atoms with E-state index in [4.69, 9.17) is 11.6 Å². The fourth-order valence-electron chi connectivity index (χ4n) is 4.43. The molecule has 0 spiro atoms. The summed E-state index contributed by atoms with van der Waals surface area (Å²) in [6.45, 7) is 7.83. The van der Waals surface area contributed by atoms with Crippen molar-refractivity contribution in [1.82, 2.24) is 10.2 Å². The molecule has 0 saturated carbocycles. The Morgan fingerprint density at radius 3 is 2.23 bits per heavy atom. The van der Waals surface area contributed by atoms with Gasteiger partial charge in [0.25, 0.3) is 0 Å². The zero-order valence-corrected chi connectivity index (χ0v) is 25.3. The molecule has 0 fully saturated rings. The maximum Gasteiger partial charge on any atom is 0.244 e. The van der Waals surface area contributed by atoms with Gasteiger partial charge in [0.2, 0.25) is 21.8 Å². The fraction of sp³-hybridized carbons (Fsp3) is 0.355. The zero-order valence-electron chi connectivity index (χ0n) is 23.7. The number of aryl methyl sites for hydroxylation is 2. The fourth-order valence-corrected chi connectivity index (χ4v) is 5.49. The maximum absolute atomic E-state index is 14.1. The van der Waals surface area contributed by atoms with Gasteiger partial charge in [-0.05, 0) is 48.6 Å². The third-order valence-electron chi connectivity index (χ3n) is 6.51. The summed E-state index contributed by atoms with van der Waals surface area (Å²) in [7, 11) is -3.87. The second-order valence-corrected chi connectivity index (χ2v) is 12.9. The highest BCUT2D eigenvalue weighted by atomic mass is 35.5. The molecule has 3 rings (SSSR count). The van der Waals surface area contributed by atoms with Crippen molar-refractivity contribution in [3.8, 4) is 0 Å². The average molecular weight is 584 g/mol. The lowest BCUT2D eigenvalue weighted by Gasteiger charge is -2.34. The van der Waals surface area contributed by atoms with Crippen molar-refractivity contribution in [2.45, 2.75) is 46.7 Å². The maximum atomic E-state index is 14.1. The molecule has 2 amide bonds. The van der Waals surface area contributed by atoms with E-state index in [1.54, 1.807) is 19.1 Å². The van der Waals surface area contributed by atoms with Gasteiger partial charge in [-0.3, -0.25) is 13.9 Å². The van der Waals surface area contributed by atoms with Gasteiger partial charge in [0.15, 0.2) is 0 Å². The lowest BCUT2D eigenvalue weighted by Crippen LogP contribution is -2.53. The number of anilines is 1. The van der Waals surface area contributed by atoms with Gasteiger partial charge >= 0.3 is 0 Å². The standard InChI is InChI=1S/C31H38ClN3O4S/c1-22(2)19-33-31(37)29(17-25-11-7-6-8-12-25)34(20-26-13-9-10-23(3)16-26)30(36)21-35(40(5,38)39)28-18-27(32)15-14-24(28)4/h6-16,18,22,29H,17,19-21H2,1-5H3,(H,33,37)/t29-/m0/s1. The van der Waals surface area contributed by atoms with Crippen LogP contribution in [-0.2, 0) is 32.6 Å². The quantitative estimate of drug-likeness (QED) is 0.320. The predicted octanol–water partition coefficient (Wildman–Crippen LogP) is 5.14. The van der Waals surface area contributed by atoms with Crippen LogP contribution >= 0.6 is 11.6 Å². The second kappa shape index (κ2) is 13.8. The van der Waals surface area contributed by atoms with Crippen LogP contribution in [0.5, 0.6) is 0 Å². The molecule has 0 aromatic heterocycles. The smallest absolute Gasteiger partial charge is 0.244 e. The summed E-state index contributed by atoms with van der Waals surface area (Å²) in [6, 6.07) is 21.3. The van der Waals surface area contributed by atoms with Gasteiger partial charge in [0.05, 0.1) is 11.9 Å². The van der Waals surface area contributed by atoms with Crippen molar-refractivity contribution in [3.63, 3.8) is 0 Å². The number of carbonyl (C=O) groups is 2. The van der Waals surface area contributed by atoms with Gasteiger partial charge in [0, 0.05) is 24.5 Å². The molecular formula is C31H38ClN3O4S. The monoisotopic (exact) mass is 583 g/mol. The summed E-state index contributed by atoms with van der Waals surface area (Å²) in [5, 5.41) is 3.34. The summed E-state index contributed by atoms with van der Waals surface area (Å²) in [6.07, 6.45) is 1.33. The van der Waals surface area contributed by atoms with Crippen LogP contribution in [0.25, 0.3) is 0 Å². The van der Waals surface area contributed by atoms with Crippen molar-refractivity contribution >= 4 is 39.1 Å². The van der Waals surface area contributed by atoms with Gasteiger partial charge in [-0.1, -0.05) is 91.7 Å². The molecule has 3 aromatic rings. The molecule has 0 aliphatic heterocycles. The number of benzene rings is 3. The van der Waals surface area contributed by atoms with Crippen LogP contribution in [0.15, 0.2) is 72.8 Å². The molecule has 0 bridgehead atoms. The Kier molecular flexibility index (Phi) is 10.8. The Morgan fingerprint density at radius 2 is 1.60 bits per heavy atom. The minimum absolute atomic E-state index is 0.138. The number of rotatable bonds is 12. The Morgan fingerprint density at radius 1 is 0.925 bits per heavy atom. The van der Waals surface area contributed by atoms with Gasteiger partial charge in [-0.2, -0.15) is 0 Å². The van der Waals surface area contributed by atoms with E-state index in [2.05, 4.69) is 5.32 Å². The molecule has 9 heteroatoms. The van der Waals surface area contributed by atoms with Crippen LogP contribution in [0, 0.1) is 19.8 Å². The summed E-state index contributed by atoms with van der Waals surface area (Å²) in [5.74, 6) is -0.566. The third-order valence-corrected chi connectivity index (χ3v) is 7.87. The first kappa shape index (κ1) is 31.2. The van der Waals surface area contributed by atoms with E-state index in [0.717, 1.165) is 27.3 Å². The van der Waals surface area contributed by atoms with Crippen molar-refractivity contribution in [1.29, 1.82) is 0 Å². The van der Waals surface area contributed by atoms with Crippen LogP contribution < -0.4 is 9.62 Å². The normalized spacial score (nSPS) is 12.2. The minimum Gasteiger partial charge on any atom is -0.354 e. The second-order valence-electron chi connectivity index (χ2n) is 10.6. The molecule has 40 heavy (non-hydrogen) atoms. The van der Waals surface area contributed by atoms with Crippen molar-refractivity contribution in [3.05, 3.63) is 100 Å². The zero-order chi connectivity index (χ0) is 29.4. The topological polar surface area (TPSA) is 86.8 Å². The van der Waals surface area contributed by atoms with E-state index in [-0.39, 0.29) is 24.8 Å². The number of hydrogen-bond acceptors (Lipinski definition) is 4. The predicted molar refractivity (Wildman–Crippen MR) is 162 cm³/mol. The van der Waals surface area contributed by atoms with Crippen molar-refractivity contribution in [2.24, 2.45) is 5.92 Å². The van der Waals surface area contributed by atoms with E-state index in [1.165, 1.54) is 11.0 Å². The Balaban J connectivity index is 2.07. The molecule has 1 atom stereocenters. The van der Waals surface area contributed by atoms with Crippen LogP contribution in [0.3, 0.4) is 0 Å². The first-order valence-corrected chi connectivity index (χ1v) is 15.5. The summed E-state index contributed by atoms with van der Waals surface area (Å²) in [4.78, 5) is 29.3. The number of sulfonamides is 1. The van der Waals surface area contributed by atoms with Crippen LogP contribution in [-0.4, -0.2) is 50.5 Å². The van der Waals surface area contributed by atoms with Crippen LogP contribution in [0.2, 0.25) is 5.02 Å². The van der Waals surface area contributed by atoms with E-state index in [1.807, 2.05) is 75.4 Å². The average Bonchev–Trinajstić information content (AvgIpc) is 2.89. The molecule has 0 aliphatic rings.